The molecular weight excluding hydrogens is 202 g/mol. The van der Waals surface area contributed by atoms with Crippen molar-refractivity contribution in [3.05, 3.63) is 41.5 Å². The number of methoxy groups -OCH3 is 1. The highest BCUT2D eigenvalue weighted by Gasteiger charge is 2.06. The van der Waals surface area contributed by atoms with Gasteiger partial charge in [-0.2, -0.15) is 0 Å². The van der Waals surface area contributed by atoms with Crippen molar-refractivity contribution in [2.75, 3.05) is 7.11 Å². The largest absolute Gasteiger partial charge is 0.496 e. The Morgan fingerprint density at radius 3 is 2.69 bits per heavy atom. The van der Waals surface area contributed by atoms with E-state index in [1.165, 1.54) is 6.21 Å². The topological polar surface area (TPSA) is 50.2 Å². The van der Waals surface area contributed by atoms with Gasteiger partial charge in [-0.1, -0.05) is 18.2 Å². The van der Waals surface area contributed by atoms with Crippen molar-refractivity contribution < 1.29 is 9.53 Å². The normalized spacial score (nSPS) is 10.1. The van der Waals surface area contributed by atoms with Gasteiger partial charge in [0.25, 0.3) is 0 Å². The first-order chi connectivity index (χ1) is 7.80. The molecule has 0 spiro atoms. The molecule has 0 aliphatic heterocycles. The number of ether oxygens (including phenoxy) is 1. The second-order valence-electron chi connectivity index (χ2n) is 3.42. The zero-order chi connectivity index (χ0) is 11.5. The van der Waals surface area contributed by atoms with Gasteiger partial charge in [0.1, 0.15) is 12.0 Å². The molecule has 0 aliphatic rings. The number of rotatable bonds is 3. The van der Waals surface area contributed by atoms with E-state index in [2.05, 4.69) is 0 Å². The summed E-state index contributed by atoms with van der Waals surface area (Å²) < 4.78 is 5.18. The Kier molecular flexibility index (Phi) is 2.68. The number of hydrogen-bond acceptors (Lipinski definition) is 3. The van der Waals surface area contributed by atoms with Crippen LogP contribution in [0.4, 0.5) is 0 Å². The summed E-state index contributed by atoms with van der Waals surface area (Å²) >= 11 is 0. The fourth-order valence-corrected chi connectivity index (χ4v) is 1.75. The van der Waals surface area contributed by atoms with Crippen LogP contribution in [-0.4, -0.2) is 19.6 Å². The molecule has 0 bridgehead atoms. The third-order valence-electron chi connectivity index (χ3n) is 2.55. The highest BCUT2D eigenvalue weighted by atomic mass is 16.5. The van der Waals surface area contributed by atoms with Gasteiger partial charge in [0.15, 0.2) is 0 Å². The van der Waals surface area contributed by atoms with Gasteiger partial charge in [-0.25, -0.2) is 0 Å². The zero-order valence-electron chi connectivity index (χ0n) is 8.86. The average Bonchev–Trinajstić information content (AvgIpc) is 2.36. The molecule has 0 amide bonds. The van der Waals surface area contributed by atoms with E-state index < -0.39 is 0 Å². The van der Waals surface area contributed by atoms with Gasteiger partial charge in [0, 0.05) is 17.3 Å². The summed E-state index contributed by atoms with van der Waals surface area (Å²) in [5.41, 5.74) is 1.37. The van der Waals surface area contributed by atoms with E-state index in [0.717, 1.165) is 22.6 Å². The molecule has 0 aliphatic carbocycles. The zero-order valence-corrected chi connectivity index (χ0v) is 8.86. The van der Waals surface area contributed by atoms with Crippen LogP contribution in [0.5, 0.6) is 5.75 Å². The number of benzene rings is 2. The lowest BCUT2D eigenvalue weighted by Gasteiger charge is -2.08. The van der Waals surface area contributed by atoms with Gasteiger partial charge in [-0.15, -0.1) is 0 Å². The van der Waals surface area contributed by atoms with Crippen LogP contribution >= 0.6 is 0 Å². The predicted octanol–water partition coefficient (Wildman–Crippen LogP) is 2.66. The summed E-state index contributed by atoms with van der Waals surface area (Å²) in [6.45, 7) is 0. The fourth-order valence-electron chi connectivity index (χ4n) is 1.75. The van der Waals surface area contributed by atoms with Gasteiger partial charge >= 0.3 is 0 Å². The fraction of sp³-hybridized carbons (Fsp3) is 0.0769. The van der Waals surface area contributed by atoms with Crippen molar-refractivity contribution >= 4 is 23.3 Å². The molecule has 16 heavy (non-hydrogen) atoms. The van der Waals surface area contributed by atoms with Gasteiger partial charge in [0.2, 0.25) is 0 Å². The van der Waals surface area contributed by atoms with E-state index in [-0.39, 0.29) is 0 Å². The minimum atomic E-state index is 0.633. The number of hydrogen-bond donors (Lipinski definition) is 1. The summed E-state index contributed by atoms with van der Waals surface area (Å²) in [4.78, 5) is 10.7. The quantitative estimate of drug-likeness (QED) is 0.629. The molecule has 0 atom stereocenters. The van der Waals surface area contributed by atoms with Gasteiger partial charge < -0.3 is 10.1 Å². The van der Waals surface area contributed by atoms with Crippen LogP contribution < -0.4 is 4.74 Å². The Morgan fingerprint density at radius 1 is 1.25 bits per heavy atom. The number of nitrogens with one attached hydrogen (secondary N) is 1. The van der Waals surface area contributed by atoms with E-state index in [4.69, 9.17) is 10.1 Å². The second-order valence-corrected chi connectivity index (χ2v) is 3.42. The Hall–Kier alpha value is -2.16. The molecule has 2 aromatic rings. The highest BCUT2D eigenvalue weighted by Crippen LogP contribution is 2.26. The monoisotopic (exact) mass is 213 g/mol. The van der Waals surface area contributed by atoms with Crippen molar-refractivity contribution in [1.82, 2.24) is 0 Å². The van der Waals surface area contributed by atoms with Crippen molar-refractivity contribution in [2.45, 2.75) is 0 Å². The molecule has 0 aromatic heterocycles. The molecule has 2 rings (SSSR count). The van der Waals surface area contributed by atoms with Crippen molar-refractivity contribution in [3.8, 4) is 5.75 Å². The van der Waals surface area contributed by atoms with E-state index in [1.54, 1.807) is 25.3 Å². The molecule has 0 saturated carbocycles. The number of carbonyl (C=O) groups excluding carboxylic acids is 1. The SMILES string of the molecule is COc1ccc2cc(C=O)ccc2c1C=N. The summed E-state index contributed by atoms with van der Waals surface area (Å²) in [6.07, 6.45) is 2.08. The molecule has 0 saturated heterocycles. The highest BCUT2D eigenvalue weighted by molar-refractivity contribution is 6.02. The maximum Gasteiger partial charge on any atom is 0.150 e. The third-order valence-corrected chi connectivity index (χ3v) is 2.55. The van der Waals surface area contributed by atoms with Crippen LogP contribution in [0, 0.1) is 5.41 Å². The van der Waals surface area contributed by atoms with E-state index in [1.807, 2.05) is 12.1 Å². The first-order valence-corrected chi connectivity index (χ1v) is 4.86. The molecule has 3 nitrogen and oxygen atoms in total. The molecule has 3 heteroatoms. The van der Waals surface area contributed by atoms with Gasteiger partial charge in [-0.3, -0.25) is 4.79 Å². The lowest BCUT2D eigenvalue weighted by molar-refractivity contribution is 0.112. The summed E-state index contributed by atoms with van der Waals surface area (Å²) in [6, 6.07) is 9.06. The van der Waals surface area contributed by atoms with Crippen molar-refractivity contribution in [2.24, 2.45) is 0 Å². The van der Waals surface area contributed by atoms with Crippen molar-refractivity contribution in [1.29, 1.82) is 5.41 Å². The molecular formula is C13H11NO2. The number of carbonyl (C=O) groups is 1. The van der Waals surface area contributed by atoms with Crippen LogP contribution in [0.2, 0.25) is 0 Å². The molecule has 0 radical (unpaired) electrons. The first-order valence-electron chi connectivity index (χ1n) is 4.86. The van der Waals surface area contributed by atoms with E-state index >= 15 is 0 Å². The lowest BCUT2D eigenvalue weighted by Crippen LogP contribution is -1.92. The van der Waals surface area contributed by atoms with Crippen LogP contribution in [0.15, 0.2) is 30.3 Å². The summed E-state index contributed by atoms with van der Waals surface area (Å²) in [5.74, 6) is 0.668. The van der Waals surface area contributed by atoms with Crippen molar-refractivity contribution in [3.63, 3.8) is 0 Å². The minimum Gasteiger partial charge on any atom is -0.496 e. The molecule has 0 heterocycles. The predicted molar refractivity (Wildman–Crippen MR) is 63.8 cm³/mol. The molecule has 2 aromatic carbocycles. The Labute approximate surface area is 93.2 Å². The third kappa shape index (κ3) is 1.56. The molecule has 80 valence electrons. The Balaban J connectivity index is 2.78. The minimum absolute atomic E-state index is 0.633. The molecule has 0 fully saturated rings. The second kappa shape index (κ2) is 4.14. The van der Waals surface area contributed by atoms with Crippen LogP contribution in [-0.2, 0) is 0 Å². The average molecular weight is 213 g/mol. The van der Waals surface area contributed by atoms with Gasteiger partial charge in [0.05, 0.1) is 7.11 Å². The Morgan fingerprint density at radius 2 is 2.06 bits per heavy atom. The molecule has 0 unspecified atom stereocenters. The standard InChI is InChI=1S/C13H11NO2/c1-16-13-5-3-10-6-9(8-15)2-4-11(10)12(13)7-14/h2-8,14H,1H3. The van der Waals surface area contributed by atoms with Crippen LogP contribution in [0.1, 0.15) is 15.9 Å². The van der Waals surface area contributed by atoms with Crippen LogP contribution in [0.3, 0.4) is 0 Å². The van der Waals surface area contributed by atoms with Crippen LogP contribution in [0.25, 0.3) is 10.8 Å². The Bertz CT molecular complexity index is 561. The number of fused-ring (bicyclic) bond motifs is 1. The van der Waals surface area contributed by atoms with E-state index in [0.29, 0.717) is 11.3 Å². The van der Waals surface area contributed by atoms with E-state index in [9.17, 15) is 4.79 Å². The smallest absolute Gasteiger partial charge is 0.150 e. The lowest BCUT2D eigenvalue weighted by atomic mass is 10.0. The maximum atomic E-state index is 10.7. The van der Waals surface area contributed by atoms with Gasteiger partial charge in [-0.05, 0) is 22.9 Å². The summed E-state index contributed by atoms with van der Waals surface area (Å²) in [7, 11) is 1.58. The summed E-state index contributed by atoms with van der Waals surface area (Å²) in [5, 5.41) is 9.24. The maximum absolute atomic E-state index is 10.7. The first kappa shape index (κ1) is 10.4. The number of aldehydes is 1. The molecule has 1 N–H and O–H groups in total.